The molecule has 84 valence electrons. The van der Waals surface area contributed by atoms with Gasteiger partial charge in [-0.3, -0.25) is 4.79 Å². The topological polar surface area (TPSA) is 29.1 Å². The molecule has 0 aromatic rings. The van der Waals surface area contributed by atoms with E-state index in [-0.39, 0.29) is 16.7 Å². The van der Waals surface area contributed by atoms with Crippen molar-refractivity contribution in [2.45, 2.75) is 66.5 Å². The normalized spacial score (nSPS) is 14.3. The number of Topliss-reactive ketones (excluding diaryl/α,β-unsaturated/α-hetero) is 1. The third-order valence-electron chi connectivity index (χ3n) is 1.94. The largest absolute Gasteiger partial charge is 0.301 e. The lowest BCUT2D eigenvalue weighted by molar-refractivity contribution is -0.132. The molecule has 0 rings (SSSR count). The summed E-state index contributed by atoms with van der Waals surface area (Å²) < 4.78 is 0. The van der Waals surface area contributed by atoms with Crippen molar-refractivity contribution >= 4 is 5.78 Å². The quantitative estimate of drug-likeness (QED) is 0.741. The average molecular weight is 199 g/mol. The molecule has 0 heterocycles. The van der Waals surface area contributed by atoms with Crippen LogP contribution in [0.5, 0.6) is 0 Å². The maximum atomic E-state index is 12.1. The molecular formula is C12H25NO. The van der Waals surface area contributed by atoms with Gasteiger partial charge in [0, 0.05) is 11.0 Å². The van der Waals surface area contributed by atoms with E-state index in [1.807, 2.05) is 34.6 Å². The molecule has 0 atom stereocenters. The maximum Gasteiger partial charge on any atom is 0.157 e. The smallest absolute Gasteiger partial charge is 0.157 e. The van der Waals surface area contributed by atoms with E-state index in [0.29, 0.717) is 0 Å². The number of carbonyl (C=O) groups excluding carboxylic acids is 1. The van der Waals surface area contributed by atoms with Crippen LogP contribution in [0.3, 0.4) is 0 Å². The Morgan fingerprint density at radius 2 is 1.21 bits per heavy atom. The van der Waals surface area contributed by atoms with Crippen molar-refractivity contribution in [3.63, 3.8) is 0 Å². The fourth-order valence-electron chi connectivity index (χ4n) is 1.93. The predicted octanol–water partition coefficient (Wildman–Crippen LogP) is 2.77. The highest BCUT2D eigenvalue weighted by atomic mass is 16.1. The van der Waals surface area contributed by atoms with Crippen LogP contribution in [-0.4, -0.2) is 16.9 Å². The number of hydrogen-bond acceptors (Lipinski definition) is 2. The van der Waals surface area contributed by atoms with Gasteiger partial charge in [-0.15, -0.1) is 0 Å². The third kappa shape index (κ3) is 4.23. The number of rotatable bonds is 2. The molecule has 0 unspecified atom stereocenters. The van der Waals surface area contributed by atoms with E-state index in [2.05, 4.69) is 26.1 Å². The van der Waals surface area contributed by atoms with Crippen molar-refractivity contribution in [2.24, 2.45) is 5.41 Å². The first-order valence-corrected chi connectivity index (χ1v) is 5.20. The van der Waals surface area contributed by atoms with Crippen LogP contribution in [0.2, 0.25) is 0 Å². The monoisotopic (exact) mass is 199 g/mol. The van der Waals surface area contributed by atoms with Crippen LogP contribution in [0.1, 0.15) is 55.4 Å². The molecule has 0 aliphatic rings. The van der Waals surface area contributed by atoms with E-state index in [1.54, 1.807) is 0 Å². The van der Waals surface area contributed by atoms with E-state index in [0.717, 1.165) is 0 Å². The molecule has 14 heavy (non-hydrogen) atoms. The van der Waals surface area contributed by atoms with Crippen molar-refractivity contribution in [1.82, 2.24) is 5.32 Å². The fourth-order valence-corrected chi connectivity index (χ4v) is 1.93. The van der Waals surface area contributed by atoms with Gasteiger partial charge in [-0.2, -0.15) is 0 Å². The first kappa shape index (κ1) is 13.6. The van der Waals surface area contributed by atoms with E-state index in [4.69, 9.17) is 0 Å². The van der Waals surface area contributed by atoms with E-state index < -0.39 is 5.54 Å². The lowest BCUT2D eigenvalue weighted by Gasteiger charge is -2.37. The average Bonchev–Trinajstić information content (AvgIpc) is 1.78. The summed E-state index contributed by atoms with van der Waals surface area (Å²) >= 11 is 0. The molecule has 1 N–H and O–H groups in total. The summed E-state index contributed by atoms with van der Waals surface area (Å²) in [6, 6.07) is 0. The van der Waals surface area contributed by atoms with Crippen LogP contribution in [0, 0.1) is 5.41 Å². The summed E-state index contributed by atoms with van der Waals surface area (Å²) in [5.41, 5.74) is -0.789. The summed E-state index contributed by atoms with van der Waals surface area (Å²) in [6.07, 6.45) is 0. The number of nitrogens with one attached hydrogen (secondary N) is 1. The van der Waals surface area contributed by atoms with Gasteiger partial charge in [0.05, 0.1) is 5.54 Å². The second kappa shape index (κ2) is 3.65. The van der Waals surface area contributed by atoms with Crippen LogP contribution in [0.15, 0.2) is 0 Å². The van der Waals surface area contributed by atoms with Gasteiger partial charge in [0.2, 0.25) is 0 Å². The second-order valence-corrected chi connectivity index (χ2v) is 6.58. The second-order valence-electron chi connectivity index (χ2n) is 6.58. The summed E-state index contributed by atoms with van der Waals surface area (Å²) in [4.78, 5) is 12.1. The minimum atomic E-state index is -0.462. The molecule has 0 radical (unpaired) electrons. The van der Waals surface area contributed by atoms with Gasteiger partial charge < -0.3 is 5.32 Å². The zero-order valence-corrected chi connectivity index (χ0v) is 10.9. The van der Waals surface area contributed by atoms with E-state index >= 15 is 0 Å². The Balaban J connectivity index is 4.72. The van der Waals surface area contributed by atoms with Crippen LogP contribution >= 0.6 is 0 Å². The zero-order chi connectivity index (χ0) is 11.8. The minimum absolute atomic E-state index is 0.0373. The van der Waals surface area contributed by atoms with Crippen LogP contribution in [0.4, 0.5) is 0 Å². The van der Waals surface area contributed by atoms with Gasteiger partial charge >= 0.3 is 0 Å². The van der Waals surface area contributed by atoms with Gasteiger partial charge in [0.15, 0.2) is 5.78 Å². The number of ketones is 1. The van der Waals surface area contributed by atoms with Crippen LogP contribution in [0.25, 0.3) is 0 Å². The van der Waals surface area contributed by atoms with Crippen molar-refractivity contribution in [1.29, 1.82) is 0 Å². The standard InChI is InChI=1S/C12H25NO/c1-10(2,3)9(14)12(7,8)13-11(4,5)6/h13H,1-8H3. The van der Waals surface area contributed by atoms with Gasteiger partial charge in [-0.1, -0.05) is 20.8 Å². The highest BCUT2D eigenvalue weighted by Crippen LogP contribution is 2.24. The Morgan fingerprint density at radius 1 is 0.857 bits per heavy atom. The highest BCUT2D eigenvalue weighted by Gasteiger charge is 2.37. The molecule has 0 aromatic heterocycles. The predicted molar refractivity (Wildman–Crippen MR) is 61.4 cm³/mol. The fraction of sp³-hybridized carbons (Fsp3) is 0.917. The Kier molecular flexibility index (Phi) is 3.55. The molecule has 2 heteroatoms. The molecule has 0 saturated heterocycles. The molecular weight excluding hydrogens is 174 g/mol. The Bertz CT molecular complexity index is 215. The van der Waals surface area contributed by atoms with Gasteiger partial charge in [-0.05, 0) is 34.6 Å². The summed E-state index contributed by atoms with van der Waals surface area (Å²) in [5, 5.41) is 3.35. The Morgan fingerprint density at radius 3 is 1.43 bits per heavy atom. The van der Waals surface area contributed by atoms with Crippen LogP contribution in [-0.2, 0) is 4.79 Å². The van der Waals surface area contributed by atoms with Crippen molar-refractivity contribution in [2.75, 3.05) is 0 Å². The molecule has 0 aliphatic carbocycles. The summed E-state index contributed by atoms with van der Waals surface area (Å²) in [6.45, 7) is 16.0. The summed E-state index contributed by atoms with van der Waals surface area (Å²) in [7, 11) is 0. The van der Waals surface area contributed by atoms with E-state index in [9.17, 15) is 4.79 Å². The van der Waals surface area contributed by atoms with Crippen LogP contribution < -0.4 is 5.32 Å². The SMILES string of the molecule is CC(C)(C)NC(C)(C)C(=O)C(C)(C)C. The first-order chi connectivity index (χ1) is 5.86. The molecule has 0 fully saturated rings. The minimum Gasteiger partial charge on any atom is -0.301 e. The molecule has 0 saturated carbocycles. The Hall–Kier alpha value is -0.370. The van der Waals surface area contributed by atoms with E-state index in [1.165, 1.54) is 0 Å². The zero-order valence-electron chi connectivity index (χ0n) is 10.9. The lowest BCUT2D eigenvalue weighted by atomic mass is 9.79. The van der Waals surface area contributed by atoms with Crippen molar-refractivity contribution in [3.05, 3.63) is 0 Å². The molecule has 0 bridgehead atoms. The maximum absolute atomic E-state index is 12.1. The van der Waals surface area contributed by atoms with Crippen molar-refractivity contribution in [3.8, 4) is 0 Å². The van der Waals surface area contributed by atoms with Gasteiger partial charge in [0.25, 0.3) is 0 Å². The molecule has 0 amide bonds. The van der Waals surface area contributed by atoms with Crippen molar-refractivity contribution < 1.29 is 4.79 Å². The first-order valence-electron chi connectivity index (χ1n) is 5.20. The molecule has 0 aromatic carbocycles. The molecule has 2 nitrogen and oxygen atoms in total. The number of hydrogen-bond donors (Lipinski definition) is 1. The van der Waals surface area contributed by atoms with Gasteiger partial charge in [0.1, 0.15) is 0 Å². The highest BCUT2D eigenvalue weighted by molar-refractivity contribution is 5.92. The Labute approximate surface area is 88.5 Å². The third-order valence-corrected chi connectivity index (χ3v) is 1.94. The lowest BCUT2D eigenvalue weighted by Crippen LogP contribution is -2.57. The molecule has 0 aliphatic heterocycles. The molecule has 0 spiro atoms. The van der Waals surface area contributed by atoms with Gasteiger partial charge in [-0.25, -0.2) is 0 Å². The number of carbonyl (C=O) groups is 1. The summed E-state index contributed by atoms with van der Waals surface area (Å²) in [5.74, 6) is 0.250.